The molecule has 2 fully saturated rings. The third kappa shape index (κ3) is 5.35. The fourth-order valence-electron chi connectivity index (χ4n) is 3.55. The minimum absolute atomic E-state index is 0.0328. The van der Waals surface area contributed by atoms with E-state index in [1.54, 1.807) is 25.7 Å². The summed E-state index contributed by atoms with van der Waals surface area (Å²) in [6.07, 6.45) is 2.97. The number of hydrogen-bond acceptors (Lipinski definition) is 5. The number of alkyl carbamates (subject to hydrolysis) is 1. The van der Waals surface area contributed by atoms with Gasteiger partial charge in [0.2, 0.25) is 5.91 Å². The van der Waals surface area contributed by atoms with E-state index in [-0.39, 0.29) is 17.9 Å². The zero-order valence-electron chi connectivity index (χ0n) is 16.8. The van der Waals surface area contributed by atoms with Crippen LogP contribution in [0.4, 0.5) is 4.79 Å². The van der Waals surface area contributed by atoms with Crippen molar-refractivity contribution in [3.63, 3.8) is 0 Å². The Labute approximate surface area is 155 Å². The maximum Gasteiger partial charge on any atom is 0.408 e. The molecule has 26 heavy (non-hydrogen) atoms. The van der Waals surface area contributed by atoms with Gasteiger partial charge in [-0.2, -0.15) is 0 Å². The van der Waals surface area contributed by atoms with E-state index in [0.29, 0.717) is 12.8 Å². The lowest BCUT2D eigenvalue weighted by Gasteiger charge is -2.32. The van der Waals surface area contributed by atoms with Gasteiger partial charge in [0.1, 0.15) is 23.3 Å². The number of carbonyl (C=O) groups is 3. The van der Waals surface area contributed by atoms with E-state index in [1.165, 1.54) is 0 Å². The Morgan fingerprint density at radius 3 is 2.15 bits per heavy atom. The van der Waals surface area contributed by atoms with Crippen molar-refractivity contribution in [3.05, 3.63) is 0 Å². The second kappa shape index (κ2) is 7.45. The number of fused-ring (bicyclic) bond motifs is 1. The Balaban J connectivity index is 2.11. The van der Waals surface area contributed by atoms with Crippen LogP contribution in [0.15, 0.2) is 0 Å². The quantitative estimate of drug-likeness (QED) is 0.758. The van der Waals surface area contributed by atoms with E-state index in [9.17, 15) is 14.4 Å². The number of rotatable bonds is 2. The van der Waals surface area contributed by atoms with Crippen LogP contribution in [0, 0.1) is 0 Å². The van der Waals surface area contributed by atoms with Crippen LogP contribution in [0.25, 0.3) is 0 Å². The summed E-state index contributed by atoms with van der Waals surface area (Å²) >= 11 is 0. The predicted octanol–water partition coefficient (Wildman–Crippen LogP) is 2.76. The Morgan fingerprint density at radius 2 is 1.58 bits per heavy atom. The number of hydrogen-bond donors (Lipinski definition) is 1. The molecular weight excluding hydrogens is 336 g/mol. The van der Waals surface area contributed by atoms with E-state index in [2.05, 4.69) is 5.32 Å². The third-order valence-corrected chi connectivity index (χ3v) is 4.46. The smallest absolute Gasteiger partial charge is 0.408 e. The van der Waals surface area contributed by atoms with Gasteiger partial charge in [-0.3, -0.25) is 4.79 Å². The summed E-state index contributed by atoms with van der Waals surface area (Å²) in [5.41, 5.74) is -1.23. The molecule has 7 nitrogen and oxygen atoms in total. The molecule has 2 aliphatic heterocycles. The SMILES string of the molecule is CC(C)(C)OC(=O)N[C@@H]1CCC[C@H]2CC[C@@H](C(=O)OC(C)(C)C)N2C1=O. The first-order valence-electron chi connectivity index (χ1n) is 9.42. The van der Waals surface area contributed by atoms with Crippen LogP contribution in [0.5, 0.6) is 0 Å². The number of ether oxygens (including phenoxy) is 2. The summed E-state index contributed by atoms with van der Waals surface area (Å²) in [5, 5.41) is 2.68. The van der Waals surface area contributed by atoms with Gasteiger partial charge in [-0.05, 0) is 73.6 Å². The highest BCUT2D eigenvalue weighted by molar-refractivity contribution is 5.90. The standard InChI is InChI=1S/C19H32N2O5/c1-18(2,3)25-16(23)14-11-10-12-8-7-9-13(15(22)21(12)14)20-17(24)26-19(4,5)6/h12-14H,7-11H2,1-6H3,(H,20,24)/t12-,13+,14-/m0/s1. The van der Waals surface area contributed by atoms with Crippen molar-refractivity contribution in [1.29, 1.82) is 0 Å². The first-order chi connectivity index (χ1) is 11.9. The maximum absolute atomic E-state index is 13.1. The van der Waals surface area contributed by atoms with Gasteiger partial charge in [-0.1, -0.05) is 0 Å². The van der Waals surface area contributed by atoms with Crippen LogP contribution in [-0.4, -0.2) is 52.2 Å². The summed E-state index contributed by atoms with van der Waals surface area (Å²) in [5.74, 6) is -0.585. The highest BCUT2D eigenvalue weighted by Crippen LogP contribution is 2.33. The van der Waals surface area contributed by atoms with E-state index >= 15 is 0 Å². The van der Waals surface area contributed by atoms with E-state index in [0.717, 1.165) is 19.3 Å². The van der Waals surface area contributed by atoms with Crippen LogP contribution in [-0.2, 0) is 19.1 Å². The Bertz CT molecular complexity index is 561. The van der Waals surface area contributed by atoms with Gasteiger partial charge in [-0.15, -0.1) is 0 Å². The fourth-order valence-corrected chi connectivity index (χ4v) is 3.55. The summed E-state index contributed by atoms with van der Waals surface area (Å²) < 4.78 is 10.8. The molecule has 0 aromatic heterocycles. The molecule has 2 saturated heterocycles. The largest absolute Gasteiger partial charge is 0.458 e. The first kappa shape index (κ1) is 20.5. The molecule has 0 radical (unpaired) electrons. The maximum atomic E-state index is 13.1. The number of carbonyl (C=O) groups excluding carboxylic acids is 3. The number of amides is 2. The first-order valence-corrected chi connectivity index (χ1v) is 9.42. The molecule has 0 unspecified atom stereocenters. The minimum atomic E-state index is -0.669. The summed E-state index contributed by atoms with van der Waals surface area (Å²) in [6, 6.07) is -1.21. The third-order valence-electron chi connectivity index (χ3n) is 4.46. The molecule has 2 heterocycles. The molecule has 0 spiro atoms. The highest BCUT2D eigenvalue weighted by Gasteiger charge is 2.46. The molecule has 0 saturated carbocycles. The van der Waals surface area contributed by atoms with Crippen molar-refractivity contribution in [3.8, 4) is 0 Å². The molecule has 0 aliphatic carbocycles. The van der Waals surface area contributed by atoms with Crippen molar-refractivity contribution in [1.82, 2.24) is 10.2 Å². The lowest BCUT2D eigenvalue weighted by Crippen LogP contribution is -2.54. The van der Waals surface area contributed by atoms with Crippen molar-refractivity contribution in [2.24, 2.45) is 0 Å². The van der Waals surface area contributed by atoms with Gasteiger partial charge in [0, 0.05) is 6.04 Å². The molecule has 148 valence electrons. The van der Waals surface area contributed by atoms with Crippen LogP contribution in [0.3, 0.4) is 0 Å². The summed E-state index contributed by atoms with van der Waals surface area (Å²) in [6.45, 7) is 10.8. The monoisotopic (exact) mass is 368 g/mol. The van der Waals surface area contributed by atoms with Crippen molar-refractivity contribution in [2.75, 3.05) is 0 Å². The van der Waals surface area contributed by atoms with Gasteiger partial charge in [0.25, 0.3) is 0 Å². The molecule has 2 amide bonds. The molecule has 3 atom stereocenters. The fraction of sp³-hybridized carbons (Fsp3) is 0.842. The van der Waals surface area contributed by atoms with E-state index in [4.69, 9.17) is 9.47 Å². The number of esters is 1. The lowest BCUT2D eigenvalue weighted by atomic mass is 10.1. The molecule has 7 heteroatoms. The number of nitrogens with zero attached hydrogens (tertiary/aromatic N) is 1. The summed E-state index contributed by atoms with van der Waals surface area (Å²) in [7, 11) is 0. The molecule has 0 bridgehead atoms. The van der Waals surface area contributed by atoms with Gasteiger partial charge < -0.3 is 19.7 Å². The molecule has 0 aromatic rings. The Hall–Kier alpha value is -1.79. The molecule has 2 rings (SSSR count). The molecule has 1 N–H and O–H groups in total. The second-order valence-corrected chi connectivity index (χ2v) is 9.16. The van der Waals surface area contributed by atoms with Crippen LogP contribution in [0.1, 0.15) is 73.6 Å². The second-order valence-electron chi connectivity index (χ2n) is 9.16. The zero-order valence-corrected chi connectivity index (χ0v) is 16.8. The van der Waals surface area contributed by atoms with E-state index < -0.39 is 29.4 Å². The van der Waals surface area contributed by atoms with Gasteiger partial charge >= 0.3 is 12.1 Å². The zero-order chi connectivity index (χ0) is 19.7. The van der Waals surface area contributed by atoms with E-state index in [1.807, 2.05) is 20.8 Å². The minimum Gasteiger partial charge on any atom is -0.458 e. The molecule has 2 aliphatic rings. The van der Waals surface area contributed by atoms with Crippen molar-refractivity contribution in [2.45, 2.75) is 103 Å². The Morgan fingerprint density at radius 1 is 0.962 bits per heavy atom. The van der Waals surface area contributed by atoms with Crippen molar-refractivity contribution >= 4 is 18.0 Å². The van der Waals surface area contributed by atoms with Crippen molar-refractivity contribution < 1.29 is 23.9 Å². The van der Waals surface area contributed by atoms with Crippen LogP contribution >= 0.6 is 0 Å². The van der Waals surface area contributed by atoms with Gasteiger partial charge in [0.15, 0.2) is 0 Å². The normalized spacial score (nSPS) is 26.8. The van der Waals surface area contributed by atoms with Crippen LogP contribution < -0.4 is 5.32 Å². The molecule has 0 aromatic carbocycles. The van der Waals surface area contributed by atoms with Gasteiger partial charge in [-0.25, -0.2) is 9.59 Å². The summed E-state index contributed by atoms with van der Waals surface area (Å²) in [4.78, 5) is 39.3. The van der Waals surface area contributed by atoms with Gasteiger partial charge in [0.05, 0.1) is 0 Å². The highest BCUT2D eigenvalue weighted by atomic mass is 16.6. The van der Waals surface area contributed by atoms with Crippen LogP contribution in [0.2, 0.25) is 0 Å². The Kier molecular flexibility index (Phi) is 5.88. The average Bonchev–Trinajstić information content (AvgIpc) is 2.79. The topological polar surface area (TPSA) is 84.9 Å². The predicted molar refractivity (Wildman–Crippen MR) is 96.5 cm³/mol. The number of nitrogens with one attached hydrogen (secondary N) is 1. The molecular formula is C19H32N2O5. The average molecular weight is 368 g/mol. The lowest BCUT2D eigenvalue weighted by molar-refractivity contribution is -0.164.